The molecule has 2 aliphatic rings. The molecule has 0 unspecified atom stereocenters. The molecular weight excluding hydrogens is 377 g/mol. The highest BCUT2D eigenvalue weighted by Gasteiger charge is 2.33. The number of rotatable bonds is 4. The molecule has 2 heterocycles. The number of carbonyl (C=O) groups excluding carboxylic acids is 1. The van der Waals surface area contributed by atoms with Gasteiger partial charge in [-0.2, -0.15) is 0 Å². The van der Waals surface area contributed by atoms with Gasteiger partial charge < -0.3 is 24.6 Å². The van der Waals surface area contributed by atoms with Crippen LogP contribution in [-0.4, -0.2) is 68.9 Å². The van der Waals surface area contributed by atoms with Crippen molar-refractivity contribution in [1.29, 1.82) is 0 Å². The molecule has 1 aromatic carbocycles. The zero-order valence-electron chi connectivity index (χ0n) is 15.3. The van der Waals surface area contributed by atoms with Gasteiger partial charge in [-0.1, -0.05) is 12.1 Å². The predicted molar refractivity (Wildman–Crippen MR) is 108 cm³/mol. The first kappa shape index (κ1) is 22.8. The third-order valence-corrected chi connectivity index (χ3v) is 4.68. The summed E-state index contributed by atoms with van der Waals surface area (Å²) in [6.45, 7) is 9.11. The predicted octanol–water partition coefficient (Wildman–Crippen LogP) is 1.95. The van der Waals surface area contributed by atoms with Crippen LogP contribution in [0, 0.1) is 0 Å². The fourth-order valence-corrected chi connectivity index (χ4v) is 3.37. The number of nitrogens with one attached hydrogen (secondary N) is 1. The molecule has 0 saturated carbocycles. The second kappa shape index (κ2) is 10.8. The zero-order valence-corrected chi connectivity index (χ0v) is 17.0. The number of amides is 1. The van der Waals surface area contributed by atoms with Gasteiger partial charge in [0.05, 0.1) is 25.0 Å². The van der Waals surface area contributed by atoms with Crippen molar-refractivity contribution in [2.45, 2.75) is 26.0 Å². The maximum atomic E-state index is 12.7. The maximum Gasteiger partial charge on any atom is 0.242 e. The lowest BCUT2D eigenvalue weighted by molar-refractivity contribution is -0.139. The molecule has 1 aromatic rings. The van der Waals surface area contributed by atoms with E-state index in [9.17, 15) is 4.79 Å². The summed E-state index contributed by atoms with van der Waals surface area (Å²) in [6.07, 6.45) is -0.0667. The van der Waals surface area contributed by atoms with Crippen LogP contribution in [0.1, 0.15) is 13.8 Å². The molecular formula is C18H29Cl2N3O3. The molecule has 0 aromatic heterocycles. The van der Waals surface area contributed by atoms with Crippen LogP contribution in [0.4, 0.5) is 5.69 Å². The molecule has 0 aliphatic carbocycles. The highest BCUT2D eigenvalue weighted by Crippen LogP contribution is 2.29. The van der Waals surface area contributed by atoms with E-state index in [2.05, 4.69) is 16.3 Å². The van der Waals surface area contributed by atoms with Crippen LogP contribution in [0.25, 0.3) is 0 Å². The summed E-state index contributed by atoms with van der Waals surface area (Å²) in [6, 6.07) is 7.88. The van der Waals surface area contributed by atoms with Gasteiger partial charge in [-0.25, -0.2) is 0 Å². The molecule has 3 rings (SSSR count). The third kappa shape index (κ3) is 5.16. The van der Waals surface area contributed by atoms with Gasteiger partial charge in [-0.15, -0.1) is 24.8 Å². The van der Waals surface area contributed by atoms with Crippen molar-refractivity contribution in [1.82, 2.24) is 10.2 Å². The molecule has 0 radical (unpaired) electrons. The third-order valence-electron chi connectivity index (χ3n) is 4.68. The maximum absolute atomic E-state index is 12.7. The van der Waals surface area contributed by atoms with Gasteiger partial charge >= 0.3 is 0 Å². The van der Waals surface area contributed by atoms with Gasteiger partial charge in [0.1, 0.15) is 11.8 Å². The minimum Gasteiger partial charge on any atom is -0.492 e. The summed E-state index contributed by atoms with van der Waals surface area (Å²) in [7, 11) is 0. The molecule has 2 atom stereocenters. The van der Waals surface area contributed by atoms with E-state index < -0.39 is 0 Å². The van der Waals surface area contributed by atoms with E-state index in [0.29, 0.717) is 13.2 Å². The number of anilines is 1. The highest BCUT2D eigenvalue weighted by atomic mass is 35.5. The average Bonchev–Trinajstić information content (AvgIpc) is 2.63. The van der Waals surface area contributed by atoms with E-state index in [4.69, 9.17) is 9.47 Å². The topological polar surface area (TPSA) is 54.0 Å². The number of nitrogens with zero attached hydrogens (tertiary/aromatic N) is 2. The smallest absolute Gasteiger partial charge is 0.242 e. The summed E-state index contributed by atoms with van der Waals surface area (Å²) < 4.78 is 11.3. The summed E-state index contributed by atoms with van der Waals surface area (Å²) in [4.78, 5) is 17.0. The quantitative estimate of drug-likeness (QED) is 0.829. The standard InChI is InChI=1S/C18H27N3O3.2ClH/c1-3-23-16-7-5-4-6-15(16)20-9-11-21(12-10-20)18(22)17-14(2)24-13-8-19-17;;/h4-7,14,17,19H,3,8-13H2,1-2H3;2*1H/t14-,17+;;/m1../s1. The number of benzene rings is 1. The van der Waals surface area contributed by atoms with Crippen molar-refractivity contribution >= 4 is 36.4 Å². The van der Waals surface area contributed by atoms with Crippen LogP contribution >= 0.6 is 24.8 Å². The molecule has 26 heavy (non-hydrogen) atoms. The van der Waals surface area contributed by atoms with Crippen LogP contribution in [0.15, 0.2) is 24.3 Å². The van der Waals surface area contributed by atoms with E-state index in [-0.39, 0.29) is 42.9 Å². The van der Waals surface area contributed by atoms with Gasteiger partial charge in [-0.05, 0) is 26.0 Å². The van der Waals surface area contributed by atoms with Gasteiger partial charge in [0.2, 0.25) is 5.91 Å². The SMILES string of the molecule is CCOc1ccccc1N1CCN(C(=O)[C@H]2NCCO[C@@H]2C)CC1.Cl.Cl. The molecule has 2 fully saturated rings. The number of morpholine rings is 1. The number of hydrogen-bond acceptors (Lipinski definition) is 5. The molecule has 148 valence electrons. The largest absolute Gasteiger partial charge is 0.492 e. The molecule has 8 heteroatoms. The minimum absolute atomic E-state index is 0. The number of halogens is 2. The Hall–Kier alpha value is -1.21. The first-order valence-electron chi connectivity index (χ1n) is 8.81. The first-order valence-corrected chi connectivity index (χ1v) is 8.81. The minimum atomic E-state index is -0.221. The Morgan fingerprint density at radius 2 is 1.92 bits per heavy atom. The highest BCUT2D eigenvalue weighted by molar-refractivity contribution is 5.85. The van der Waals surface area contributed by atoms with Crippen LogP contribution in [0.3, 0.4) is 0 Å². The average molecular weight is 406 g/mol. The number of piperazine rings is 1. The Labute approximate surface area is 168 Å². The fraction of sp³-hybridized carbons (Fsp3) is 0.611. The molecule has 0 bridgehead atoms. The number of carbonyl (C=O) groups is 1. The van der Waals surface area contributed by atoms with E-state index in [1.807, 2.05) is 36.9 Å². The first-order chi connectivity index (χ1) is 11.7. The van der Waals surface area contributed by atoms with Gasteiger partial charge in [-0.3, -0.25) is 4.79 Å². The Morgan fingerprint density at radius 3 is 2.58 bits per heavy atom. The summed E-state index contributed by atoms with van der Waals surface area (Å²) in [5.41, 5.74) is 1.11. The fourth-order valence-electron chi connectivity index (χ4n) is 3.37. The Balaban J connectivity index is 0.00000169. The van der Waals surface area contributed by atoms with Crippen LogP contribution < -0.4 is 15.0 Å². The molecule has 6 nitrogen and oxygen atoms in total. The van der Waals surface area contributed by atoms with Crippen molar-refractivity contribution < 1.29 is 14.3 Å². The van der Waals surface area contributed by atoms with Crippen molar-refractivity contribution in [2.75, 3.05) is 50.8 Å². The van der Waals surface area contributed by atoms with Crippen molar-refractivity contribution in [3.8, 4) is 5.75 Å². The lowest BCUT2D eigenvalue weighted by atomic mass is 10.1. The van der Waals surface area contributed by atoms with Crippen LogP contribution in [-0.2, 0) is 9.53 Å². The zero-order chi connectivity index (χ0) is 16.9. The van der Waals surface area contributed by atoms with E-state index in [1.165, 1.54) is 0 Å². The number of hydrogen-bond donors (Lipinski definition) is 1. The Kier molecular flexibility index (Phi) is 9.50. The number of para-hydroxylation sites is 2. The Morgan fingerprint density at radius 1 is 1.23 bits per heavy atom. The molecule has 0 spiro atoms. The van der Waals surface area contributed by atoms with Crippen LogP contribution in [0.2, 0.25) is 0 Å². The van der Waals surface area contributed by atoms with Crippen LogP contribution in [0.5, 0.6) is 5.75 Å². The van der Waals surface area contributed by atoms with E-state index in [0.717, 1.165) is 44.2 Å². The second-order valence-corrected chi connectivity index (χ2v) is 6.22. The summed E-state index contributed by atoms with van der Waals surface area (Å²) in [5.74, 6) is 1.07. The van der Waals surface area contributed by atoms with E-state index in [1.54, 1.807) is 0 Å². The molecule has 1 N–H and O–H groups in total. The normalized spacial score (nSPS) is 22.8. The molecule has 2 aliphatic heterocycles. The molecule has 1 amide bonds. The molecule has 2 saturated heterocycles. The van der Waals surface area contributed by atoms with Gasteiger partial charge in [0.25, 0.3) is 0 Å². The van der Waals surface area contributed by atoms with E-state index >= 15 is 0 Å². The Bertz CT molecular complexity index is 568. The van der Waals surface area contributed by atoms with Gasteiger partial charge in [0, 0.05) is 32.7 Å². The van der Waals surface area contributed by atoms with Crippen molar-refractivity contribution in [3.05, 3.63) is 24.3 Å². The summed E-state index contributed by atoms with van der Waals surface area (Å²) >= 11 is 0. The summed E-state index contributed by atoms with van der Waals surface area (Å²) in [5, 5.41) is 3.28. The second-order valence-electron chi connectivity index (χ2n) is 6.22. The van der Waals surface area contributed by atoms with Gasteiger partial charge in [0.15, 0.2) is 0 Å². The lowest BCUT2D eigenvalue weighted by Gasteiger charge is -2.39. The van der Waals surface area contributed by atoms with Crippen molar-refractivity contribution in [3.63, 3.8) is 0 Å². The number of ether oxygens (including phenoxy) is 2. The monoisotopic (exact) mass is 405 g/mol. The lowest BCUT2D eigenvalue weighted by Crippen LogP contribution is -2.59. The van der Waals surface area contributed by atoms with Crippen molar-refractivity contribution in [2.24, 2.45) is 0 Å².